The zero-order chi connectivity index (χ0) is 14.2. The molecule has 1 aliphatic rings. The average molecular weight is 293 g/mol. The summed E-state index contributed by atoms with van der Waals surface area (Å²) < 4.78 is 8.09. The van der Waals surface area contributed by atoms with Gasteiger partial charge in [0.1, 0.15) is 17.1 Å². The van der Waals surface area contributed by atoms with Gasteiger partial charge in [0.2, 0.25) is 0 Å². The van der Waals surface area contributed by atoms with Crippen molar-refractivity contribution in [2.24, 2.45) is 0 Å². The lowest BCUT2D eigenvalue weighted by molar-refractivity contribution is 0.138. The van der Waals surface area contributed by atoms with Gasteiger partial charge in [-0.3, -0.25) is 0 Å². The molecule has 1 saturated carbocycles. The van der Waals surface area contributed by atoms with Crippen molar-refractivity contribution in [3.63, 3.8) is 0 Å². The molecule has 1 aliphatic carbocycles. The molecule has 1 fully saturated rings. The van der Waals surface area contributed by atoms with Gasteiger partial charge in [0.25, 0.3) is 0 Å². The third-order valence-electron chi connectivity index (χ3n) is 4.55. The van der Waals surface area contributed by atoms with Gasteiger partial charge in [-0.05, 0) is 44.7 Å². The Balaban J connectivity index is 2.22. The number of benzene rings is 1. The largest absolute Gasteiger partial charge is 0.492 e. The van der Waals surface area contributed by atoms with E-state index in [1.165, 1.54) is 19.3 Å². The highest BCUT2D eigenvalue weighted by Gasteiger charge is 2.39. The second kappa shape index (κ2) is 5.28. The van der Waals surface area contributed by atoms with Crippen LogP contribution in [-0.4, -0.2) is 16.2 Å². The van der Waals surface area contributed by atoms with E-state index in [1.807, 2.05) is 19.1 Å². The van der Waals surface area contributed by atoms with Crippen LogP contribution in [0.3, 0.4) is 0 Å². The number of rotatable bonds is 5. The zero-order valence-corrected chi connectivity index (χ0v) is 12.9. The lowest BCUT2D eigenvalue weighted by Crippen LogP contribution is -2.40. The number of alkyl halides is 1. The smallest absolute Gasteiger partial charge is 0.147 e. The molecule has 0 radical (unpaired) electrons. The molecule has 108 valence electrons. The van der Waals surface area contributed by atoms with E-state index in [-0.39, 0.29) is 5.54 Å². The normalized spacial score (nSPS) is 17.1. The molecule has 0 amide bonds. The quantitative estimate of drug-likeness (QED) is 0.761. The fourth-order valence-corrected chi connectivity index (χ4v) is 3.51. The van der Waals surface area contributed by atoms with Crippen LogP contribution in [0.2, 0.25) is 0 Å². The summed E-state index contributed by atoms with van der Waals surface area (Å²) >= 11 is 6.15. The number of ether oxygens (including phenoxy) is 1. The Morgan fingerprint density at radius 3 is 2.70 bits per heavy atom. The van der Waals surface area contributed by atoms with Gasteiger partial charge in [-0.25, -0.2) is 4.98 Å². The third-order valence-corrected chi connectivity index (χ3v) is 4.79. The number of para-hydroxylation sites is 1. The molecule has 0 unspecified atom stereocenters. The molecule has 2 aromatic rings. The van der Waals surface area contributed by atoms with Crippen LogP contribution in [0, 0.1) is 0 Å². The summed E-state index contributed by atoms with van der Waals surface area (Å²) in [5.74, 6) is 2.28. The molecule has 0 spiro atoms. The van der Waals surface area contributed by atoms with E-state index in [0.29, 0.717) is 12.5 Å². The van der Waals surface area contributed by atoms with Crippen LogP contribution in [-0.2, 0) is 11.4 Å². The minimum atomic E-state index is 0.212. The molecule has 3 rings (SSSR count). The number of aromatic nitrogens is 2. The second-order valence-corrected chi connectivity index (χ2v) is 5.75. The molecular formula is C16H21ClN2O. The van der Waals surface area contributed by atoms with Gasteiger partial charge in [-0.1, -0.05) is 13.0 Å². The summed E-state index contributed by atoms with van der Waals surface area (Å²) in [4.78, 5) is 4.75. The van der Waals surface area contributed by atoms with Crippen LogP contribution in [0.4, 0.5) is 0 Å². The minimum Gasteiger partial charge on any atom is -0.492 e. The maximum atomic E-state index is 6.15. The van der Waals surface area contributed by atoms with E-state index < -0.39 is 0 Å². The molecule has 0 N–H and O–H groups in total. The highest BCUT2D eigenvalue weighted by molar-refractivity contribution is 6.16. The SMILES string of the molecule is CCOc1cccc2c1nc(CCl)n2C1(CC)CCC1. The van der Waals surface area contributed by atoms with Crippen molar-refractivity contribution in [3.05, 3.63) is 24.0 Å². The average Bonchev–Trinajstić information content (AvgIpc) is 2.79. The lowest BCUT2D eigenvalue weighted by Gasteiger charge is -2.44. The second-order valence-electron chi connectivity index (χ2n) is 5.49. The van der Waals surface area contributed by atoms with Crippen molar-refractivity contribution in [1.29, 1.82) is 0 Å². The topological polar surface area (TPSA) is 27.1 Å². The predicted octanol–water partition coefficient (Wildman–Crippen LogP) is 4.46. The van der Waals surface area contributed by atoms with E-state index in [0.717, 1.165) is 29.0 Å². The number of fused-ring (bicyclic) bond motifs is 1. The van der Waals surface area contributed by atoms with E-state index in [1.54, 1.807) is 0 Å². The molecule has 0 aliphatic heterocycles. The fourth-order valence-electron chi connectivity index (χ4n) is 3.33. The molecular weight excluding hydrogens is 272 g/mol. The highest BCUT2D eigenvalue weighted by Crippen LogP contribution is 2.45. The molecule has 1 aromatic carbocycles. The minimum absolute atomic E-state index is 0.212. The maximum Gasteiger partial charge on any atom is 0.147 e. The van der Waals surface area contributed by atoms with Crippen LogP contribution >= 0.6 is 11.6 Å². The van der Waals surface area contributed by atoms with Gasteiger partial charge in [0.05, 0.1) is 18.0 Å². The van der Waals surface area contributed by atoms with E-state index in [4.69, 9.17) is 21.3 Å². The van der Waals surface area contributed by atoms with E-state index in [2.05, 4.69) is 17.6 Å². The van der Waals surface area contributed by atoms with Crippen molar-refractivity contribution in [2.75, 3.05) is 6.61 Å². The van der Waals surface area contributed by atoms with Gasteiger partial charge >= 0.3 is 0 Å². The van der Waals surface area contributed by atoms with Crippen molar-refractivity contribution < 1.29 is 4.74 Å². The van der Waals surface area contributed by atoms with E-state index >= 15 is 0 Å². The van der Waals surface area contributed by atoms with Gasteiger partial charge in [-0.2, -0.15) is 0 Å². The Hall–Kier alpha value is -1.22. The molecule has 1 heterocycles. The Labute approximate surface area is 124 Å². The molecule has 0 saturated heterocycles. The van der Waals surface area contributed by atoms with Crippen molar-refractivity contribution in [1.82, 2.24) is 9.55 Å². The first-order valence-electron chi connectivity index (χ1n) is 7.45. The molecule has 3 nitrogen and oxygen atoms in total. The summed E-state index contributed by atoms with van der Waals surface area (Å²) in [6, 6.07) is 6.17. The van der Waals surface area contributed by atoms with Crippen LogP contribution in [0.25, 0.3) is 11.0 Å². The first-order chi connectivity index (χ1) is 9.75. The fraction of sp³-hybridized carbons (Fsp3) is 0.562. The Bertz CT molecular complexity index is 611. The maximum absolute atomic E-state index is 6.15. The number of hydrogen-bond acceptors (Lipinski definition) is 2. The number of halogens is 1. The summed E-state index contributed by atoms with van der Waals surface area (Å²) in [6.07, 6.45) is 4.86. The van der Waals surface area contributed by atoms with Crippen molar-refractivity contribution in [2.45, 2.75) is 50.9 Å². The van der Waals surface area contributed by atoms with Gasteiger partial charge in [0, 0.05) is 5.54 Å². The summed E-state index contributed by atoms with van der Waals surface area (Å²) in [6.45, 7) is 4.91. The van der Waals surface area contributed by atoms with Crippen molar-refractivity contribution >= 4 is 22.6 Å². The van der Waals surface area contributed by atoms with Gasteiger partial charge in [0.15, 0.2) is 0 Å². The third kappa shape index (κ3) is 1.91. The van der Waals surface area contributed by atoms with Gasteiger partial charge < -0.3 is 9.30 Å². The standard InChI is InChI=1S/C16H21ClN2O/c1-3-16(9-6-10-16)19-12-7-5-8-13(20-4-2)15(12)18-14(19)11-17/h5,7-8H,3-4,6,9-11H2,1-2H3. The van der Waals surface area contributed by atoms with Crippen LogP contribution in [0.15, 0.2) is 18.2 Å². The summed E-state index contributed by atoms with van der Waals surface area (Å²) in [5.41, 5.74) is 2.32. The zero-order valence-electron chi connectivity index (χ0n) is 12.2. The Morgan fingerprint density at radius 1 is 1.35 bits per heavy atom. The predicted molar refractivity (Wildman–Crippen MR) is 82.6 cm³/mol. The number of nitrogens with zero attached hydrogens (tertiary/aromatic N) is 2. The first-order valence-corrected chi connectivity index (χ1v) is 7.99. The number of hydrogen-bond donors (Lipinski definition) is 0. The highest BCUT2D eigenvalue weighted by atomic mass is 35.5. The van der Waals surface area contributed by atoms with Crippen LogP contribution in [0.5, 0.6) is 5.75 Å². The molecule has 20 heavy (non-hydrogen) atoms. The van der Waals surface area contributed by atoms with Gasteiger partial charge in [-0.15, -0.1) is 11.6 Å². The number of imidazole rings is 1. The lowest BCUT2D eigenvalue weighted by atomic mass is 9.74. The Morgan fingerprint density at radius 2 is 2.15 bits per heavy atom. The molecule has 0 atom stereocenters. The van der Waals surface area contributed by atoms with Crippen molar-refractivity contribution in [3.8, 4) is 5.75 Å². The molecule has 1 aromatic heterocycles. The van der Waals surface area contributed by atoms with Crippen LogP contribution < -0.4 is 4.74 Å². The summed E-state index contributed by atoms with van der Waals surface area (Å²) in [7, 11) is 0. The first kappa shape index (κ1) is 13.7. The molecule has 4 heteroatoms. The Kier molecular flexibility index (Phi) is 3.63. The van der Waals surface area contributed by atoms with E-state index in [9.17, 15) is 0 Å². The molecule has 0 bridgehead atoms. The van der Waals surface area contributed by atoms with Crippen LogP contribution in [0.1, 0.15) is 45.4 Å². The summed E-state index contributed by atoms with van der Waals surface area (Å²) in [5, 5.41) is 0. The monoisotopic (exact) mass is 292 g/mol.